The quantitative estimate of drug-likeness (QED) is 0.607. The van der Waals surface area contributed by atoms with Crippen LogP contribution >= 0.6 is 34.5 Å². The molecule has 4 aromatic rings. The molecule has 0 bridgehead atoms. The second kappa shape index (κ2) is 4.80. The number of H-pyrrole nitrogens is 1. The van der Waals surface area contributed by atoms with Crippen molar-refractivity contribution in [3.8, 4) is 22.1 Å². The molecule has 0 radical (unpaired) electrons. The van der Waals surface area contributed by atoms with Gasteiger partial charge in [-0.3, -0.25) is 5.10 Å². The van der Waals surface area contributed by atoms with E-state index in [1.165, 1.54) is 11.3 Å². The van der Waals surface area contributed by atoms with Gasteiger partial charge in [-0.25, -0.2) is 0 Å². The molecule has 4 rings (SSSR count). The van der Waals surface area contributed by atoms with Gasteiger partial charge < -0.3 is 0 Å². The Morgan fingerprint density at radius 2 is 2.05 bits per heavy atom. The molecule has 0 aliphatic heterocycles. The maximum absolute atomic E-state index is 6.24. The van der Waals surface area contributed by atoms with Crippen LogP contribution in [0, 0.1) is 0 Å². The summed E-state index contributed by atoms with van der Waals surface area (Å²) < 4.78 is 1.65. The topological polar surface area (TPSA) is 71.8 Å². The van der Waals surface area contributed by atoms with Gasteiger partial charge in [0.2, 0.25) is 4.96 Å². The smallest absolute Gasteiger partial charge is 0.235 e. The molecule has 0 amide bonds. The van der Waals surface area contributed by atoms with Crippen molar-refractivity contribution in [1.29, 1.82) is 0 Å². The molecule has 3 heterocycles. The van der Waals surface area contributed by atoms with E-state index >= 15 is 0 Å². The standard InChI is InChI=1S/C12H6Cl2N6S/c13-7-3-1-2-6(9(7)14)10-17-18-12-20(10)19-11(21-12)8-4-5-15-16-8/h1-5H,(H,15,16). The summed E-state index contributed by atoms with van der Waals surface area (Å²) in [5.74, 6) is 0.555. The van der Waals surface area contributed by atoms with Crippen molar-refractivity contribution in [1.82, 2.24) is 30.0 Å². The Kier molecular flexibility index (Phi) is 2.91. The zero-order valence-electron chi connectivity index (χ0n) is 10.3. The van der Waals surface area contributed by atoms with Gasteiger partial charge in [0.25, 0.3) is 0 Å². The Hall–Kier alpha value is -1.96. The lowest BCUT2D eigenvalue weighted by Crippen LogP contribution is -1.92. The van der Waals surface area contributed by atoms with Crippen LogP contribution < -0.4 is 0 Å². The van der Waals surface area contributed by atoms with Crippen molar-refractivity contribution < 1.29 is 0 Å². The second-order valence-corrected chi connectivity index (χ2v) is 5.94. The van der Waals surface area contributed by atoms with Crippen LogP contribution in [0.3, 0.4) is 0 Å². The van der Waals surface area contributed by atoms with Gasteiger partial charge in [0, 0.05) is 11.8 Å². The molecular weight excluding hydrogens is 331 g/mol. The third kappa shape index (κ3) is 2.01. The summed E-state index contributed by atoms with van der Waals surface area (Å²) in [6, 6.07) is 7.22. The van der Waals surface area contributed by atoms with E-state index in [1.54, 1.807) is 16.8 Å². The van der Waals surface area contributed by atoms with Gasteiger partial charge >= 0.3 is 0 Å². The molecule has 0 saturated heterocycles. The minimum Gasteiger partial charge on any atom is -0.275 e. The number of aromatic nitrogens is 6. The van der Waals surface area contributed by atoms with Gasteiger partial charge in [-0.1, -0.05) is 40.6 Å². The van der Waals surface area contributed by atoms with E-state index in [0.717, 1.165) is 10.7 Å². The highest BCUT2D eigenvalue weighted by atomic mass is 35.5. The maximum Gasteiger partial charge on any atom is 0.235 e. The summed E-state index contributed by atoms with van der Waals surface area (Å²) in [5, 5.41) is 21.2. The van der Waals surface area contributed by atoms with Crippen LogP contribution in [0.1, 0.15) is 0 Å². The number of nitrogens with one attached hydrogen (secondary N) is 1. The average molecular weight is 337 g/mol. The summed E-state index contributed by atoms with van der Waals surface area (Å²) in [5.41, 5.74) is 1.52. The first-order valence-corrected chi connectivity index (χ1v) is 7.47. The van der Waals surface area contributed by atoms with Crippen LogP contribution in [0.5, 0.6) is 0 Å². The zero-order chi connectivity index (χ0) is 14.4. The lowest BCUT2D eigenvalue weighted by molar-refractivity contribution is 0.964. The molecule has 1 aromatic carbocycles. The minimum absolute atomic E-state index is 0.435. The lowest BCUT2D eigenvalue weighted by Gasteiger charge is -2.01. The van der Waals surface area contributed by atoms with Crippen LogP contribution in [0.15, 0.2) is 30.5 Å². The molecule has 104 valence electrons. The van der Waals surface area contributed by atoms with Crippen LogP contribution in [-0.4, -0.2) is 30.0 Å². The molecule has 9 heteroatoms. The van der Waals surface area contributed by atoms with Gasteiger partial charge in [0.15, 0.2) is 10.8 Å². The van der Waals surface area contributed by atoms with Gasteiger partial charge in [0.05, 0.1) is 15.7 Å². The molecule has 0 aliphatic rings. The average Bonchev–Trinajstić information content (AvgIpc) is 3.16. The van der Waals surface area contributed by atoms with E-state index in [2.05, 4.69) is 25.5 Å². The van der Waals surface area contributed by atoms with E-state index in [0.29, 0.717) is 26.4 Å². The van der Waals surface area contributed by atoms with Gasteiger partial charge in [-0.05, 0) is 18.2 Å². The van der Waals surface area contributed by atoms with Crippen LogP contribution in [0.2, 0.25) is 10.0 Å². The van der Waals surface area contributed by atoms with Crippen molar-refractivity contribution in [3.63, 3.8) is 0 Å². The predicted octanol–water partition coefficient (Wildman–Crippen LogP) is 3.55. The molecule has 0 unspecified atom stereocenters. The van der Waals surface area contributed by atoms with E-state index < -0.39 is 0 Å². The predicted molar refractivity (Wildman–Crippen MR) is 81.7 cm³/mol. The molecular formula is C12H6Cl2N6S. The number of halogens is 2. The highest BCUT2D eigenvalue weighted by molar-refractivity contribution is 7.19. The first-order chi connectivity index (χ1) is 10.2. The van der Waals surface area contributed by atoms with Gasteiger partial charge in [0.1, 0.15) is 0 Å². The van der Waals surface area contributed by atoms with Gasteiger partial charge in [-0.2, -0.15) is 14.7 Å². The minimum atomic E-state index is 0.435. The SMILES string of the molecule is Clc1cccc(-c2nnc3sc(-c4ccn[nH]4)nn23)c1Cl. The number of rotatable bonds is 2. The zero-order valence-corrected chi connectivity index (χ0v) is 12.6. The Labute approximate surface area is 132 Å². The number of nitrogens with zero attached hydrogens (tertiary/aromatic N) is 5. The third-order valence-electron chi connectivity index (χ3n) is 2.91. The van der Waals surface area contributed by atoms with Crippen molar-refractivity contribution in [3.05, 3.63) is 40.5 Å². The van der Waals surface area contributed by atoms with Crippen molar-refractivity contribution in [2.75, 3.05) is 0 Å². The maximum atomic E-state index is 6.24. The van der Waals surface area contributed by atoms with Crippen molar-refractivity contribution in [2.24, 2.45) is 0 Å². The number of fused-ring (bicyclic) bond motifs is 1. The van der Waals surface area contributed by atoms with Crippen molar-refractivity contribution in [2.45, 2.75) is 0 Å². The fourth-order valence-electron chi connectivity index (χ4n) is 1.95. The second-order valence-electron chi connectivity index (χ2n) is 4.20. The normalized spacial score (nSPS) is 11.3. The highest BCUT2D eigenvalue weighted by Gasteiger charge is 2.17. The summed E-state index contributed by atoms with van der Waals surface area (Å²) in [7, 11) is 0. The number of hydrogen-bond donors (Lipinski definition) is 1. The third-order valence-corrected chi connectivity index (χ3v) is 4.67. The summed E-state index contributed by atoms with van der Waals surface area (Å²) in [6.07, 6.45) is 1.67. The summed E-state index contributed by atoms with van der Waals surface area (Å²) in [6.45, 7) is 0. The molecule has 0 aliphatic carbocycles. The van der Waals surface area contributed by atoms with E-state index in [1.807, 2.05) is 18.2 Å². The van der Waals surface area contributed by atoms with Crippen LogP contribution in [0.4, 0.5) is 0 Å². The number of benzene rings is 1. The van der Waals surface area contributed by atoms with E-state index in [4.69, 9.17) is 23.2 Å². The molecule has 0 atom stereocenters. The molecule has 0 spiro atoms. The Bertz CT molecular complexity index is 927. The molecule has 21 heavy (non-hydrogen) atoms. The fraction of sp³-hybridized carbons (Fsp3) is 0. The first kappa shape index (κ1) is 12.8. The monoisotopic (exact) mass is 336 g/mol. The van der Waals surface area contributed by atoms with Crippen molar-refractivity contribution >= 4 is 39.5 Å². The van der Waals surface area contributed by atoms with E-state index in [-0.39, 0.29) is 0 Å². The Balaban J connectivity index is 1.92. The lowest BCUT2D eigenvalue weighted by atomic mass is 10.2. The van der Waals surface area contributed by atoms with Gasteiger partial charge in [-0.15, -0.1) is 10.2 Å². The Morgan fingerprint density at radius 1 is 1.14 bits per heavy atom. The molecule has 6 nitrogen and oxygen atoms in total. The first-order valence-electron chi connectivity index (χ1n) is 5.90. The molecule has 1 N–H and O–H groups in total. The van der Waals surface area contributed by atoms with Crippen LogP contribution in [-0.2, 0) is 0 Å². The van der Waals surface area contributed by atoms with E-state index in [9.17, 15) is 0 Å². The number of hydrogen-bond acceptors (Lipinski definition) is 5. The number of aromatic amines is 1. The molecule has 3 aromatic heterocycles. The van der Waals surface area contributed by atoms with Crippen LogP contribution in [0.25, 0.3) is 27.1 Å². The molecule has 0 saturated carbocycles. The molecule has 0 fully saturated rings. The fourth-order valence-corrected chi connectivity index (χ4v) is 3.14. The summed E-state index contributed by atoms with van der Waals surface area (Å²) in [4.78, 5) is 0.672. The highest BCUT2D eigenvalue weighted by Crippen LogP contribution is 2.34. The Morgan fingerprint density at radius 3 is 2.86 bits per heavy atom. The largest absolute Gasteiger partial charge is 0.275 e. The summed E-state index contributed by atoms with van der Waals surface area (Å²) >= 11 is 13.7.